The van der Waals surface area contributed by atoms with Gasteiger partial charge in [-0.25, -0.2) is 9.67 Å². The van der Waals surface area contributed by atoms with E-state index >= 15 is 0 Å². The van der Waals surface area contributed by atoms with Crippen molar-refractivity contribution in [2.24, 2.45) is 0 Å². The zero-order chi connectivity index (χ0) is 23.7. The summed E-state index contributed by atoms with van der Waals surface area (Å²) in [4.78, 5) is 13.3. The number of pyridine rings is 2. The highest BCUT2D eigenvalue weighted by Gasteiger charge is 2.38. The van der Waals surface area contributed by atoms with Crippen molar-refractivity contribution in [2.45, 2.75) is 12.7 Å². The van der Waals surface area contributed by atoms with Crippen molar-refractivity contribution in [3.63, 3.8) is 0 Å². The predicted molar refractivity (Wildman–Crippen MR) is 115 cm³/mol. The first kappa shape index (κ1) is 21.9. The van der Waals surface area contributed by atoms with Crippen LogP contribution >= 0.6 is 0 Å². The first-order valence-electron chi connectivity index (χ1n) is 10.5. The van der Waals surface area contributed by atoms with Gasteiger partial charge in [0.15, 0.2) is 0 Å². The molecule has 5 heterocycles. The van der Waals surface area contributed by atoms with Crippen LogP contribution in [-0.2, 0) is 12.7 Å². The van der Waals surface area contributed by atoms with E-state index in [1.807, 2.05) is 18.3 Å². The molecule has 0 radical (unpaired) electrons. The van der Waals surface area contributed by atoms with Crippen LogP contribution in [0.4, 0.5) is 19.0 Å². The van der Waals surface area contributed by atoms with E-state index in [-0.39, 0.29) is 5.89 Å². The lowest BCUT2D eigenvalue weighted by atomic mass is 10.2. The van der Waals surface area contributed by atoms with Gasteiger partial charge in [0, 0.05) is 44.1 Å². The second-order valence-corrected chi connectivity index (χ2v) is 7.94. The van der Waals surface area contributed by atoms with E-state index in [1.54, 1.807) is 23.0 Å². The summed E-state index contributed by atoms with van der Waals surface area (Å²) in [6.45, 7) is 4.15. The van der Waals surface area contributed by atoms with Crippen LogP contribution in [0.1, 0.15) is 11.6 Å². The molecule has 176 valence electrons. The minimum absolute atomic E-state index is 0.247. The summed E-state index contributed by atoms with van der Waals surface area (Å²) in [7, 11) is 2.11. The molecule has 4 aromatic heterocycles. The van der Waals surface area contributed by atoms with E-state index in [2.05, 4.69) is 51.7 Å². The highest BCUT2D eigenvalue weighted by Crippen LogP contribution is 2.30. The quantitative estimate of drug-likeness (QED) is 0.435. The molecule has 1 aliphatic heterocycles. The lowest BCUT2D eigenvalue weighted by Crippen LogP contribution is -2.44. The van der Waals surface area contributed by atoms with Gasteiger partial charge >= 0.3 is 12.1 Å². The number of halogens is 3. The van der Waals surface area contributed by atoms with Crippen molar-refractivity contribution < 1.29 is 17.6 Å². The van der Waals surface area contributed by atoms with Crippen LogP contribution in [0.25, 0.3) is 22.7 Å². The Morgan fingerprint density at radius 3 is 2.50 bits per heavy atom. The molecule has 10 nitrogen and oxygen atoms in total. The van der Waals surface area contributed by atoms with Crippen LogP contribution in [-0.4, -0.2) is 73.3 Å². The Balaban J connectivity index is 1.27. The fraction of sp³-hybridized carbons (Fsp3) is 0.333. The van der Waals surface area contributed by atoms with Crippen molar-refractivity contribution in [1.82, 2.24) is 40.1 Å². The zero-order valence-electron chi connectivity index (χ0n) is 18.1. The molecule has 0 bridgehead atoms. The van der Waals surface area contributed by atoms with E-state index < -0.39 is 12.1 Å². The SMILES string of the molecule is CN1CCN(c2cc(-c3cn(Cc4ccc(-c5nnc(C(F)(F)F)o5)cn4)nn3)ccn2)CC1. The molecule has 4 aromatic rings. The Labute approximate surface area is 192 Å². The molecular formula is C21H20F3N9O. The maximum absolute atomic E-state index is 12.6. The normalized spacial score (nSPS) is 15.1. The van der Waals surface area contributed by atoms with Gasteiger partial charge in [-0.1, -0.05) is 5.21 Å². The largest absolute Gasteiger partial charge is 0.470 e. The van der Waals surface area contributed by atoms with Gasteiger partial charge in [0.05, 0.1) is 24.0 Å². The van der Waals surface area contributed by atoms with Crippen LogP contribution in [0.3, 0.4) is 0 Å². The van der Waals surface area contributed by atoms with Crippen molar-refractivity contribution >= 4 is 5.82 Å². The van der Waals surface area contributed by atoms with E-state index in [1.165, 1.54) is 6.20 Å². The summed E-state index contributed by atoms with van der Waals surface area (Å²) < 4.78 is 44.2. The third-order valence-corrected chi connectivity index (χ3v) is 5.47. The van der Waals surface area contributed by atoms with Crippen molar-refractivity contribution in [2.75, 3.05) is 38.1 Å². The molecule has 13 heteroatoms. The standard InChI is InChI=1S/C21H20F3N9O/c1-31-6-8-32(9-7-31)18-10-14(4-5-25-18)17-13-33(30-27-17)12-16-3-2-15(11-26-16)19-28-29-20(34-19)21(22,23)24/h2-5,10-11,13H,6-9,12H2,1H3. The average Bonchev–Trinajstić information content (AvgIpc) is 3.51. The zero-order valence-corrected chi connectivity index (χ0v) is 18.1. The minimum atomic E-state index is -4.69. The molecule has 0 amide bonds. The fourth-order valence-electron chi connectivity index (χ4n) is 3.56. The molecule has 0 unspecified atom stereocenters. The molecule has 1 fully saturated rings. The summed E-state index contributed by atoms with van der Waals surface area (Å²) >= 11 is 0. The number of likely N-dealkylation sites (N-methyl/N-ethyl adjacent to an activating group) is 1. The molecule has 0 spiro atoms. The Kier molecular flexibility index (Phi) is 5.69. The van der Waals surface area contributed by atoms with Crippen LogP contribution in [0.2, 0.25) is 0 Å². The fourth-order valence-corrected chi connectivity index (χ4v) is 3.56. The molecular weight excluding hydrogens is 451 g/mol. The molecule has 0 aromatic carbocycles. The number of hydrogen-bond donors (Lipinski definition) is 0. The summed E-state index contributed by atoms with van der Waals surface area (Å²) in [5.41, 5.74) is 2.55. The Hall–Kier alpha value is -3.87. The van der Waals surface area contributed by atoms with Gasteiger partial charge < -0.3 is 14.2 Å². The summed E-state index contributed by atoms with van der Waals surface area (Å²) in [5, 5.41) is 14.9. The van der Waals surface area contributed by atoms with E-state index in [0.717, 1.165) is 37.6 Å². The molecule has 0 N–H and O–H groups in total. The van der Waals surface area contributed by atoms with Gasteiger partial charge in [0.25, 0.3) is 0 Å². The summed E-state index contributed by atoms with van der Waals surface area (Å²) in [6.07, 6.45) is 0.270. The third kappa shape index (κ3) is 4.73. The Morgan fingerprint density at radius 2 is 1.79 bits per heavy atom. The van der Waals surface area contributed by atoms with Gasteiger partial charge in [0.1, 0.15) is 11.5 Å². The van der Waals surface area contributed by atoms with Crippen LogP contribution < -0.4 is 4.90 Å². The number of nitrogens with zero attached hydrogens (tertiary/aromatic N) is 9. The summed E-state index contributed by atoms with van der Waals surface area (Å²) in [5.74, 6) is -0.732. The average molecular weight is 471 g/mol. The van der Waals surface area contributed by atoms with E-state index in [4.69, 9.17) is 0 Å². The Bertz CT molecular complexity index is 1260. The Morgan fingerprint density at radius 1 is 0.971 bits per heavy atom. The number of piperazine rings is 1. The van der Waals surface area contributed by atoms with Crippen molar-refractivity contribution in [3.05, 3.63) is 54.4 Å². The van der Waals surface area contributed by atoms with E-state index in [0.29, 0.717) is 23.5 Å². The lowest BCUT2D eigenvalue weighted by Gasteiger charge is -2.33. The van der Waals surface area contributed by atoms with Gasteiger partial charge in [-0.3, -0.25) is 4.98 Å². The van der Waals surface area contributed by atoms with Gasteiger partial charge in [-0.2, -0.15) is 13.2 Å². The lowest BCUT2D eigenvalue weighted by molar-refractivity contribution is -0.156. The molecule has 0 aliphatic carbocycles. The maximum atomic E-state index is 12.6. The monoisotopic (exact) mass is 471 g/mol. The van der Waals surface area contributed by atoms with Gasteiger partial charge in [-0.15, -0.1) is 15.3 Å². The van der Waals surface area contributed by atoms with E-state index in [9.17, 15) is 13.2 Å². The predicted octanol–water partition coefficient (Wildman–Crippen LogP) is 2.60. The first-order chi connectivity index (χ1) is 16.3. The summed E-state index contributed by atoms with van der Waals surface area (Å²) in [6, 6.07) is 7.12. The molecule has 0 saturated carbocycles. The number of rotatable bonds is 5. The molecule has 34 heavy (non-hydrogen) atoms. The first-order valence-corrected chi connectivity index (χ1v) is 10.5. The number of aromatic nitrogens is 7. The number of hydrogen-bond acceptors (Lipinski definition) is 9. The van der Waals surface area contributed by atoms with Crippen LogP contribution in [0.15, 0.2) is 47.3 Å². The molecule has 0 atom stereocenters. The van der Waals surface area contributed by atoms with Gasteiger partial charge in [-0.05, 0) is 31.3 Å². The minimum Gasteiger partial charge on any atom is -0.413 e. The maximum Gasteiger partial charge on any atom is 0.470 e. The highest BCUT2D eigenvalue weighted by atomic mass is 19.4. The van der Waals surface area contributed by atoms with Crippen molar-refractivity contribution in [1.29, 1.82) is 0 Å². The second kappa shape index (κ2) is 8.82. The van der Waals surface area contributed by atoms with Gasteiger partial charge in [0.2, 0.25) is 5.89 Å². The molecule has 1 aliphatic rings. The number of alkyl halides is 3. The molecule has 1 saturated heterocycles. The molecule has 5 rings (SSSR count). The number of anilines is 1. The van der Waals surface area contributed by atoms with Crippen LogP contribution in [0.5, 0.6) is 0 Å². The second-order valence-electron chi connectivity index (χ2n) is 7.94. The smallest absolute Gasteiger partial charge is 0.413 e. The van der Waals surface area contributed by atoms with Crippen molar-refractivity contribution in [3.8, 4) is 22.7 Å². The van der Waals surface area contributed by atoms with Crippen LogP contribution in [0, 0.1) is 0 Å². The topological polar surface area (TPSA) is 102 Å². The highest BCUT2D eigenvalue weighted by molar-refractivity contribution is 5.62. The third-order valence-electron chi connectivity index (χ3n) is 5.47.